The molecular weight excluding hydrogens is 386 g/mol. The number of carbonyl (C=O) groups excluding carboxylic acids is 2. The summed E-state index contributed by atoms with van der Waals surface area (Å²) in [6, 6.07) is 4.23. The number of rotatable bonds is 9. The molecule has 1 atom stereocenters. The largest absolute Gasteiger partial charge is 0.493 e. The van der Waals surface area contributed by atoms with Crippen LogP contribution in [0.2, 0.25) is 0 Å². The molecule has 156 valence electrons. The molecule has 1 aliphatic heterocycles. The number of benzene rings is 1. The Morgan fingerprint density at radius 1 is 1.25 bits per heavy atom. The van der Waals surface area contributed by atoms with Gasteiger partial charge in [-0.05, 0) is 37.0 Å². The number of nitrogens with one attached hydrogen (secondary N) is 1. The molecule has 1 aromatic rings. The van der Waals surface area contributed by atoms with Crippen LogP contribution in [0, 0.1) is 5.92 Å². The van der Waals surface area contributed by atoms with Gasteiger partial charge in [-0.2, -0.15) is 0 Å². The van der Waals surface area contributed by atoms with Crippen LogP contribution in [-0.2, 0) is 19.4 Å². The number of esters is 1. The summed E-state index contributed by atoms with van der Waals surface area (Å²) in [5.41, 5.74) is 0.226. The second-order valence-electron chi connectivity index (χ2n) is 7.14. The first-order valence-corrected chi connectivity index (χ1v) is 11.0. The van der Waals surface area contributed by atoms with E-state index in [-0.39, 0.29) is 17.1 Å². The summed E-state index contributed by atoms with van der Waals surface area (Å²) < 4.78 is 38.7. The van der Waals surface area contributed by atoms with Gasteiger partial charge in [-0.1, -0.05) is 13.8 Å². The van der Waals surface area contributed by atoms with Crippen LogP contribution in [-0.4, -0.2) is 58.2 Å². The molecule has 0 radical (unpaired) electrons. The van der Waals surface area contributed by atoms with Crippen LogP contribution in [0.3, 0.4) is 0 Å². The fraction of sp³-hybridized carbons (Fsp3) is 0.579. The fourth-order valence-electron chi connectivity index (χ4n) is 2.71. The molecule has 0 aliphatic carbocycles. The molecule has 0 aromatic heterocycles. The van der Waals surface area contributed by atoms with Crippen LogP contribution in [0.15, 0.2) is 18.2 Å². The first-order valence-electron chi connectivity index (χ1n) is 9.18. The maximum Gasteiger partial charge on any atom is 0.338 e. The molecule has 1 unspecified atom stereocenters. The van der Waals surface area contributed by atoms with Crippen LogP contribution in [0.25, 0.3) is 0 Å². The van der Waals surface area contributed by atoms with Crippen molar-refractivity contribution in [3.8, 4) is 11.5 Å². The van der Waals surface area contributed by atoms with Crippen molar-refractivity contribution < 1.29 is 32.2 Å². The summed E-state index contributed by atoms with van der Waals surface area (Å²) in [6.45, 7) is 4.25. The highest BCUT2D eigenvalue weighted by Crippen LogP contribution is 2.28. The maximum atomic E-state index is 12.2. The van der Waals surface area contributed by atoms with E-state index < -0.39 is 34.4 Å². The SMILES string of the molecule is COc1cc(C(=O)OCC(=O)NC2CCS(=O)(=O)C2)ccc1OCCC(C)C. The topological polar surface area (TPSA) is 108 Å². The average Bonchev–Trinajstić information content (AvgIpc) is 2.97. The third-order valence-electron chi connectivity index (χ3n) is 4.28. The zero-order valence-electron chi connectivity index (χ0n) is 16.4. The number of methoxy groups -OCH3 is 1. The predicted octanol–water partition coefficient (Wildman–Crippen LogP) is 1.58. The Morgan fingerprint density at radius 3 is 2.61 bits per heavy atom. The van der Waals surface area contributed by atoms with E-state index in [1.54, 1.807) is 6.07 Å². The van der Waals surface area contributed by atoms with E-state index in [0.29, 0.717) is 30.4 Å². The normalized spacial score (nSPS) is 17.9. The average molecular weight is 413 g/mol. The van der Waals surface area contributed by atoms with Crippen molar-refractivity contribution in [3.05, 3.63) is 23.8 Å². The van der Waals surface area contributed by atoms with Crippen molar-refractivity contribution >= 4 is 21.7 Å². The predicted molar refractivity (Wildman–Crippen MR) is 103 cm³/mol. The van der Waals surface area contributed by atoms with Gasteiger partial charge in [-0.15, -0.1) is 0 Å². The summed E-state index contributed by atoms with van der Waals surface area (Å²) >= 11 is 0. The van der Waals surface area contributed by atoms with Crippen LogP contribution in [0.4, 0.5) is 0 Å². The smallest absolute Gasteiger partial charge is 0.338 e. The molecule has 1 saturated heterocycles. The Labute approximate surface area is 165 Å². The van der Waals surface area contributed by atoms with Gasteiger partial charge in [0.2, 0.25) is 0 Å². The number of hydrogen-bond donors (Lipinski definition) is 1. The van der Waals surface area contributed by atoms with E-state index in [1.165, 1.54) is 19.2 Å². The third kappa shape index (κ3) is 6.70. The van der Waals surface area contributed by atoms with Crippen molar-refractivity contribution in [2.45, 2.75) is 32.7 Å². The molecule has 0 bridgehead atoms. The van der Waals surface area contributed by atoms with Crippen LogP contribution < -0.4 is 14.8 Å². The molecule has 0 spiro atoms. The number of ether oxygens (including phenoxy) is 3. The fourth-order valence-corrected chi connectivity index (χ4v) is 4.38. The lowest BCUT2D eigenvalue weighted by molar-refractivity contribution is -0.124. The molecule has 2 rings (SSSR count). The standard InChI is InChI=1S/C19H27NO7S/c1-13(2)6-8-26-16-5-4-14(10-17(16)25-3)19(22)27-11-18(21)20-15-7-9-28(23,24)12-15/h4-5,10,13,15H,6-9,11-12H2,1-3H3,(H,20,21). The van der Waals surface area contributed by atoms with Gasteiger partial charge in [0.1, 0.15) is 0 Å². The quantitative estimate of drug-likeness (QED) is 0.612. The van der Waals surface area contributed by atoms with Crippen LogP contribution in [0.5, 0.6) is 11.5 Å². The van der Waals surface area contributed by atoms with Crippen LogP contribution >= 0.6 is 0 Å². The van der Waals surface area contributed by atoms with E-state index in [0.717, 1.165) is 6.42 Å². The van der Waals surface area contributed by atoms with E-state index in [9.17, 15) is 18.0 Å². The van der Waals surface area contributed by atoms with Crippen molar-refractivity contribution in [1.82, 2.24) is 5.32 Å². The van der Waals surface area contributed by atoms with Crippen molar-refractivity contribution in [2.24, 2.45) is 5.92 Å². The minimum absolute atomic E-state index is 0.0586. The zero-order chi connectivity index (χ0) is 20.7. The molecule has 1 fully saturated rings. The number of sulfone groups is 1. The number of amides is 1. The molecule has 1 amide bonds. The van der Waals surface area contributed by atoms with Crippen molar-refractivity contribution in [3.63, 3.8) is 0 Å². The van der Waals surface area contributed by atoms with E-state index >= 15 is 0 Å². The van der Waals surface area contributed by atoms with E-state index in [1.807, 2.05) is 0 Å². The minimum atomic E-state index is -3.09. The Kier molecular flexibility index (Phi) is 7.68. The first-order chi connectivity index (χ1) is 13.2. The lowest BCUT2D eigenvalue weighted by atomic mass is 10.1. The van der Waals surface area contributed by atoms with Crippen molar-refractivity contribution in [2.75, 3.05) is 31.8 Å². The highest BCUT2D eigenvalue weighted by atomic mass is 32.2. The van der Waals surface area contributed by atoms with Crippen molar-refractivity contribution in [1.29, 1.82) is 0 Å². The Bertz CT molecular complexity index is 805. The Hall–Kier alpha value is -2.29. The summed E-state index contributed by atoms with van der Waals surface area (Å²) in [4.78, 5) is 24.0. The molecule has 1 aliphatic rings. The van der Waals surface area contributed by atoms with Gasteiger partial charge < -0.3 is 19.5 Å². The maximum absolute atomic E-state index is 12.2. The summed E-state index contributed by atoms with van der Waals surface area (Å²) in [5.74, 6) is 0.206. The highest BCUT2D eigenvalue weighted by molar-refractivity contribution is 7.91. The van der Waals surface area contributed by atoms with Gasteiger partial charge in [0.15, 0.2) is 27.9 Å². The van der Waals surface area contributed by atoms with Gasteiger partial charge >= 0.3 is 5.97 Å². The molecule has 8 nitrogen and oxygen atoms in total. The van der Waals surface area contributed by atoms with Gasteiger partial charge in [0.25, 0.3) is 5.91 Å². The Balaban J connectivity index is 1.86. The summed E-state index contributed by atoms with van der Waals surface area (Å²) in [5, 5.41) is 2.57. The van der Waals surface area contributed by atoms with Gasteiger partial charge in [-0.3, -0.25) is 4.79 Å². The van der Waals surface area contributed by atoms with E-state index in [2.05, 4.69) is 19.2 Å². The molecule has 1 N–H and O–H groups in total. The minimum Gasteiger partial charge on any atom is -0.493 e. The monoisotopic (exact) mass is 413 g/mol. The third-order valence-corrected chi connectivity index (χ3v) is 6.05. The summed E-state index contributed by atoms with van der Waals surface area (Å²) in [7, 11) is -1.61. The molecular formula is C19H27NO7S. The highest BCUT2D eigenvalue weighted by Gasteiger charge is 2.29. The molecule has 1 heterocycles. The van der Waals surface area contributed by atoms with Gasteiger partial charge in [0, 0.05) is 6.04 Å². The zero-order valence-corrected chi connectivity index (χ0v) is 17.2. The lowest BCUT2D eigenvalue weighted by Crippen LogP contribution is -2.38. The Morgan fingerprint density at radius 2 is 2.00 bits per heavy atom. The summed E-state index contributed by atoms with van der Waals surface area (Å²) in [6.07, 6.45) is 1.27. The van der Waals surface area contributed by atoms with Gasteiger partial charge in [-0.25, -0.2) is 13.2 Å². The number of hydrogen-bond acceptors (Lipinski definition) is 7. The molecule has 1 aromatic carbocycles. The number of carbonyl (C=O) groups is 2. The molecule has 9 heteroatoms. The second kappa shape index (κ2) is 9.77. The van der Waals surface area contributed by atoms with Gasteiger partial charge in [0.05, 0.1) is 30.8 Å². The van der Waals surface area contributed by atoms with Crippen LogP contribution in [0.1, 0.15) is 37.0 Å². The molecule has 0 saturated carbocycles. The molecule has 28 heavy (non-hydrogen) atoms. The van der Waals surface area contributed by atoms with E-state index in [4.69, 9.17) is 14.2 Å². The first kappa shape index (κ1) is 22.0. The lowest BCUT2D eigenvalue weighted by Gasteiger charge is -2.13. The second-order valence-corrected chi connectivity index (χ2v) is 9.37.